The molecule has 2 aromatic carbocycles. The van der Waals surface area contributed by atoms with Crippen LogP contribution in [0.5, 0.6) is 5.75 Å². The highest BCUT2D eigenvalue weighted by Gasteiger charge is 2.43. The quantitative estimate of drug-likeness (QED) is 0.672. The Morgan fingerprint density at radius 3 is 2.62 bits per heavy atom. The van der Waals surface area contributed by atoms with E-state index in [1.54, 1.807) is 0 Å². The summed E-state index contributed by atoms with van der Waals surface area (Å²) in [5.74, 6) is 1.53. The summed E-state index contributed by atoms with van der Waals surface area (Å²) in [6, 6.07) is 16.7. The number of hydrazone groups is 1. The molecular weight excluding hydrogens is 344 g/mol. The van der Waals surface area contributed by atoms with E-state index in [0.29, 0.717) is 5.92 Å². The number of fused-ring (bicyclic) bond motifs is 3. The Balaban J connectivity index is 1.54. The number of rotatable bonds is 2. The summed E-state index contributed by atoms with van der Waals surface area (Å²) in [5, 5.41) is 8.04. The second kappa shape index (κ2) is 6.62. The minimum absolute atomic E-state index is 0.0372. The lowest BCUT2D eigenvalue weighted by Gasteiger charge is -2.42. The smallest absolute Gasteiger partial charge is 0.190 e. The summed E-state index contributed by atoms with van der Waals surface area (Å²) in [6.07, 6.45) is 7.34. The van der Waals surface area contributed by atoms with E-state index in [0.717, 1.165) is 22.9 Å². The second-order valence-corrected chi connectivity index (χ2v) is 8.04. The molecule has 1 aliphatic carbocycles. The van der Waals surface area contributed by atoms with Gasteiger partial charge in [0.25, 0.3) is 0 Å². The third kappa shape index (κ3) is 2.79. The molecule has 0 aromatic heterocycles. The van der Waals surface area contributed by atoms with E-state index in [4.69, 9.17) is 21.4 Å². The fraction of sp³-hybridized carbons (Fsp3) is 0.409. The van der Waals surface area contributed by atoms with Crippen LogP contribution in [0.4, 0.5) is 0 Å². The molecule has 2 atom stereocenters. The summed E-state index contributed by atoms with van der Waals surface area (Å²) in [5.41, 5.74) is 3.51. The largest absolute Gasteiger partial charge is 0.468 e. The average molecular weight is 367 g/mol. The number of benzene rings is 2. The van der Waals surface area contributed by atoms with Gasteiger partial charge in [-0.25, -0.2) is 5.01 Å². The van der Waals surface area contributed by atoms with E-state index in [9.17, 15) is 0 Å². The number of hydrogen-bond acceptors (Lipinski definition) is 3. The molecule has 0 saturated heterocycles. The topological polar surface area (TPSA) is 24.8 Å². The molecular formula is C22H23ClN2O. The van der Waals surface area contributed by atoms with Gasteiger partial charge >= 0.3 is 0 Å². The van der Waals surface area contributed by atoms with Crippen LogP contribution in [-0.4, -0.2) is 16.9 Å². The van der Waals surface area contributed by atoms with Gasteiger partial charge in [0.1, 0.15) is 5.75 Å². The molecule has 0 bridgehead atoms. The van der Waals surface area contributed by atoms with E-state index in [-0.39, 0.29) is 12.3 Å². The molecule has 2 aromatic rings. The first kappa shape index (κ1) is 16.2. The first-order chi connectivity index (χ1) is 12.8. The van der Waals surface area contributed by atoms with Crippen LogP contribution >= 0.6 is 11.6 Å². The fourth-order valence-electron chi connectivity index (χ4n) is 4.62. The molecule has 0 amide bonds. The Bertz CT molecular complexity index is 829. The Hall–Kier alpha value is -2.00. The average Bonchev–Trinajstić information content (AvgIpc) is 3.15. The molecule has 0 radical (unpaired) electrons. The van der Waals surface area contributed by atoms with Crippen molar-refractivity contribution in [2.24, 2.45) is 11.0 Å². The lowest BCUT2D eigenvalue weighted by atomic mass is 9.86. The maximum atomic E-state index is 6.48. The van der Waals surface area contributed by atoms with Crippen molar-refractivity contribution in [1.29, 1.82) is 0 Å². The van der Waals surface area contributed by atoms with Crippen molar-refractivity contribution >= 4 is 17.3 Å². The molecule has 0 N–H and O–H groups in total. The maximum absolute atomic E-state index is 6.48. The highest BCUT2D eigenvalue weighted by molar-refractivity contribution is 6.30. The number of nitrogens with zero attached hydrogens (tertiary/aromatic N) is 2. The Morgan fingerprint density at radius 2 is 1.81 bits per heavy atom. The van der Waals surface area contributed by atoms with Crippen molar-refractivity contribution in [3.05, 3.63) is 64.7 Å². The van der Waals surface area contributed by atoms with Crippen LogP contribution in [0.2, 0.25) is 5.02 Å². The summed E-state index contributed by atoms with van der Waals surface area (Å²) < 4.78 is 6.48. The van der Waals surface area contributed by atoms with Crippen LogP contribution in [0.15, 0.2) is 53.6 Å². The second-order valence-electron chi connectivity index (χ2n) is 7.60. The third-order valence-electron chi connectivity index (χ3n) is 5.94. The number of hydrogen-bond donors (Lipinski definition) is 0. The maximum Gasteiger partial charge on any atom is 0.190 e. The zero-order valence-corrected chi connectivity index (χ0v) is 15.5. The summed E-state index contributed by atoms with van der Waals surface area (Å²) in [7, 11) is 0. The SMILES string of the molecule is Clc1ccc2c(c1)[C@H]1CC(c3ccccc3)=NN1[C@H](C1CCCCC1)O2. The standard InChI is InChI=1S/C22H23ClN2O/c23-17-11-12-21-18(13-17)20-14-19(15-7-3-1-4-8-15)24-25(20)22(26-21)16-9-5-2-6-10-16/h1,3-4,7-8,11-13,16,20,22H,2,5-6,9-10,14H2/t20-,22+/m1/s1. The van der Waals surface area contributed by atoms with Crippen LogP contribution in [-0.2, 0) is 0 Å². The fourth-order valence-corrected chi connectivity index (χ4v) is 4.80. The zero-order valence-electron chi connectivity index (χ0n) is 14.8. The van der Waals surface area contributed by atoms with Gasteiger partial charge in [-0.1, -0.05) is 61.2 Å². The lowest BCUT2D eigenvalue weighted by Crippen LogP contribution is -2.45. The zero-order chi connectivity index (χ0) is 17.5. The predicted octanol–water partition coefficient (Wildman–Crippen LogP) is 5.79. The molecule has 4 heteroatoms. The van der Waals surface area contributed by atoms with Crippen molar-refractivity contribution in [2.75, 3.05) is 0 Å². The van der Waals surface area contributed by atoms with Gasteiger partial charge in [0.15, 0.2) is 6.23 Å². The normalized spacial score (nSPS) is 25.3. The van der Waals surface area contributed by atoms with Gasteiger partial charge < -0.3 is 4.74 Å². The van der Waals surface area contributed by atoms with Crippen LogP contribution in [0.25, 0.3) is 0 Å². The Morgan fingerprint density at radius 1 is 1.00 bits per heavy atom. The summed E-state index contributed by atoms with van der Waals surface area (Å²) >= 11 is 6.29. The first-order valence-electron chi connectivity index (χ1n) is 9.67. The van der Waals surface area contributed by atoms with Crippen molar-refractivity contribution < 1.29 is 4.74 Å². The van der Waals surface area contributed by atoms with E-state index in [1.165, 1.54) is 43.2 Å². The summed E-state index contributed by atoms with van der Waals surface area (Å²) in [6.45, 7) is 0. The monoisotopic (exact) mass is 366 g/mol. The molecule has 2 aliphatic heterocycles. The molecule has 26 heavy (non-hydrogen) atoms. The molecule has 1 saturated carbocycles. The Kier molecular flexibility index (Phi) is 4.12. The van der Waals surface area contributed by atoms with Gasteiger partial charge in [0.05, 0.1) is 11.8 Å². The molecule has 2 heterocycles. The van der Waals surface area contributed by atoms with E-state index < -0.39 is 0 Å². The van der Waals surface area contributed by atoms with Gasteiger partial charge in [-0.2, -0.15) is 5.10 Å². The predicted molar refractivity (Wildman–Crippen MR) is 105 cm³/mol. The van der Waals surface area contributed by atoms with Crippen molar-refractivity contribution in [3.63, 3.8) is 0 Å². The number of ether oxygens (including phenoxy) is 1. The van der Waals surface area contributed by atoms with Crippen molar-refractivity contribution in [2.45, 2.75) is 50.8 Å². The van der Waals surface area contributed by atoms with E-state index in [2.05, 4.69) is 41.4 Å². The van der Waals surface area contributed by atoms with Crippen molar-refractivity contribution in [3.8, 4) is 5.75 Å². The summed E-state index contributed by atoms with van der Waals surface area (Å²) in [4.78, 5) is 0. The van der Waals surface area contributed by atoms with Gasteiger partial charge in [0.2, 0.25) is 0 Å². The molecule has 0 spiro atoms. The highest BCUT2D eigenvalue weighted by atomic mass is 35.5. The van der Waals surface area contributed by atoms with Crippen LogP contribution in [0.3, 0.4) is 0 Å². The highest BCUT2D eigenvalue weighted by Crippen LogP contribution is 2.47. The minimum Gasteiger partial charge on any atom is -0.468 e. The molecule has 0 unspecified atom stereocenters. The van der Waals surface area contributed by atoms with E-state index in [1.807, 2.05) is 12.1 Å². The van der Waals surface area contributed by atoms with Gasteiger partial charge in [-0.3, -0.25) is 0 Å². The number of halogens is 1. The lowest BCUT2D eigenvalue weighted by molar-refractivity contribution is -0.0643. The molecule has 1 fully saturated rings. The first-order valence-corrected chi connectivity index (χ1v) is 10.0. The van der Waals surface area contributed by atoms with Crippen molar-refractivity contribution in [1.82, 2.24) is 5.01 Å². The third-order valence-corrected chi connectivity index (χ3v) is 6.18. The molecule has 134 valence electrons. The molecule has 3 nitrogen and oxygen atoms in total. The van der Waals surface area contributed by atoms with Crippen LogP contribution < -0.4 is 4.74 Å². The van der Waals surface area contributed by atoms with Gasteiger partial charge in [-0.05, 0) is 36.6 Å². The van der Waals surface area contributed by atoms with Gasteiger partial charge in [0, 0.05) is 22.9 Å². The molecule has 5 rings (SSSR count). The van der Waals surface area contributed by atoms with Crippen LogP contribution in [0.1, 0.15) is 55.7 Å². The minimum atomic E-state index is 0.0372. The molecule has 3 aliphatic rings. The van der Waals surface area contributed by atoms with Crippen LogP contribution in [0, 0.1) is 5.92 Å². The Labute approximate surface area is 159 Å². The van der Waals surface area contributed by atoms with Gasteiger partial charge in [-0.15, -0.1) is 0 Å². The van der Waals surface area contributed by atoms with E-state index >= 15 is 0 Å².